The van der Waals surface area contributed by atoms with Gasteiger partial charge in [-0.05, 0) is 44.2 Å². The molecule has 1 aromatic carbocycles. The van der Waals surface area contributed by atoms with Crippen LogP contribution < -0.4 is 10.6 Å². The lowest BCUT2D eigenvalue weighted by atomic mass is 10.3. The Labute approximate surface area is 173 Å². The molecule has 0 radical (unpaired) electrons. The van der Waals surface area contributed by atoms with Crippen LogP contribution >= 0.6 is 11.8 Å². The first-order chi connectivity index (χ1) is 13.7. The monoisotopic (exact) mass is 437 g/mol. The minimum atomic E-state index is -3.45. The maximum Gasteiger partial charge on any atom is 0.271 e. The molecule has 2 heterocycles. The molecule has 10 nitrogen and oxygen atoms in total. The van der Waals surface area contributed by atoms with Gasteiger partial charge in [0, 0.05) is 25.5 Å². The number of benzene rings is 1. The van der Waals surface area contributed by atoms with Crippen LogP contribution in [0.4, 0.5) is 0 Å². The SMILES string of the molecule is Cc1cc(C)n(-c2nnc(SCCOc3ccc(S(=O)(=O)N(C)C)cc3)n2N)n1. The third-order valence-electron chi connectivity index (χ3n) is 4.03. The van der Waals surface area contributed by atoms with Crippen LogP contribution in [0.2, 0.25) is 0 Å². The fourth-order valence-electron chi connectivity index (χ4n) is 2.55. The van der Waals surface area contributed by atoms with Crippen LogP contribution in [-0.2, 0) is 10.0 Å². The summed E-state index contributed by atoms with van der Waals surface area (Å²) in [4.78, 5) is 0.220. The molecule has 12 heteroatoms. The van der Waals surface area contributed by atoms with Crippen LogP contribution in [-0.4, -0.2) is 63.8 Å². The smallest absolute Gasteiger partial charge is 0.271 e. The summed E-state index contributed by atoms with van der Waals surface area (Å²) < 4.78 is 34.0. The van der Waals surface area contributed by atoms with Gasteiger partial charge in [0.1, 0.15) is 5.75 Å². The molecule has 0 aliphatic rings. The van der Waals surface area contributed by atoms with E-state index in [0.29, 0.717) is 29.2 Å². The Balaban J connectivity index is 1.56. The molecule has 29 heavy (non-hydrogen) atoms. The number of nitrogens with zero attached hydrogens (tertiary/aromatic N) is 6. The Morgan fingerprint density at radius 1 is 1.17 bits per heavy atom. The Hall–Kier alpha value is -2.57. The van der Waals surface area contributed by atoms with E-state index in [1.807, 2.05) is 19.9 Å². The molecule has 3 aromatic rings. The van der Waals surface area contributed by atoms with Crippen molar-refractivity contribution >= 4 is 21.8 Å². The molecule has 0 saturated heterocycles. The molecular formula is C17H23N7O3S2. The minimum absolute atomic E-state index is 0.220. The lowest BCUT2D eigenvalue weighted by molar-refractivity contribution is 0.343. The van der Waals surface area contributed by atoms with Gasteiger partial charge in [0.25, 0.3) is 5.95 Å². The highest BCUT2D eigenvalue weighted by atomic mass is 32.2. The quantitative estimate of drug-likeness (QED) is 0.317. The second-order valence-electron chi connectivity index (χ2n) is 6.45. The van der Waals surface area contributed by atoms with Crippen LogP contribution in [0.15, 0.2) is 40.4 Å². The summed E-state index contributed by atoms with van der Waals surface area (Å²) in [6.45, 7) is 4.22. The molecule has 2 aromatic heterocycles. The molecule has 0 amide bonds. The summed E-state index contributed by atoms with van der Waals surface area (Å²) in [6.07, 6.45) is 0. The normalized spacial score (nSPS) is 11.9. The van der Waals surface area contributed by atoms with E-state index >= 15 is 0 Å². The zero-order valence-electron chi connectivity index (χ0n) is 16.6. The van der Waals surface area contributed by atoms with Crippen molar-refractivity contribution in [2.75, 3.05) is 32.3 Å². The first kappa shape index (κ1) is 21.1. The minimum Gasteiger partial charge on any atom is -0.493 e. The maximum atomic E-state index is 12.1. The lowest BCUT2D eigenvalue weighted by Gasteiger charge is -2.12. The number of nitrogen functional groups attached to an aromatic ring is 1. The first-order valence-corrected chi connectivity index (χ1v) is 11.1. The van der Waals surface area contributed by atoms with Gasteiger partial charge >= 0.3 is 0 Å². The maximum absolute atomic E-state index is 12.1. The van der Waals surface area contributed by atoms with Crippen molar-refractivity contribution in [3.8, 4) is 11.7 Å². The number of rotatable bonds is 8. The number of nitrogens with two attached hydrogens (primary N) is 1. The second-order valence-corrected chi connectivity index (χ2v) is 9.66. The second kappa shape index (κ2) is 8.43. The molecule has 0 aliphatic carbocycles. The third kappa shape index (κ3) is 4.54. The molecule has 0 bridgehead atoms. The van der Waals surface area contributed by atoms with Crippen molar-refractivity contribution in [1.82, 2.24) is 29.0 Å². The van der Waals surface area contributed by atoms with Gasteiger partial charge in [-0.1, -0.05) is 11.8 Å². The molecule has 3 rings (SSSR count). The van der Waals surface area contributed by atoms with Crippen LogP contribution in [0.25, 0.3) is 5.95 Å². The first-order valence-electron chi connectivity index (χ1n) is 8.72. The van der Waals surface area contributed by atoms with Crippen LogP contribution in [0.5, 0.6) is 5.75 Å². The standard InChI is InChI=1S/C17H23N7O3S2/c1-12-11-13(2)24(21-12)16-19-20-17(23(16)18)28-10-9-27-14-5-7-15(8-6-14)29(25,26)22(3)4/h5-8,11H,9-10,18H2,1-4H3. The summed E-state index contributed by atoms with van der Waals surface area (Å²) >= 11 is 1.40. The van der Waals surface area contributed by atoms with Crippen LogP contribution in [0.3, 0.4) is 0 Å². The lowest BCUT2D eigenvalue weighted by Crippen LogP contribution is -2.22. The van der Waals surface area contributed by atoms with Gasteiger partial charge in [-0.2, -0.15) is 5.10 Å². The van der Waals surface area contributed by atoms with E-state index in [9.17, 15) is 8.42 Å². The summed E-state index contributed by atoms with van der Waals surface area (Å²) in [7, 11) is -0.460. The fraction of sp³-hybridized carbons (Fsp3) is 0.353. The average molecular weight is 438 g/mol. The fourth-order valence-corrected chi connectivity index (χ4v) is 4.12. The number of sulfonamides is 1. The van der Waals surface area contributed by atoms with E-state index in [1.54, 1.807) is 16.8 Å². The molecule has 0 aliphatic heterocycles. The van der Waals surface area contributed by atoms with Crippen molar-refractivity contribution in [3.05, 3.63) is 41.7 Å². The zero-order chi connectivity index (χ0) is 21.2. The highest BCUT2D eigenvalue weighted by Crippen LogP contribution is 2.20. The van der Waals surface area contributed by atoms with Crippen molar-refractivity contribution in [1.29, 1.82) is 0 Å². The summed E-state index contributed by atoms with van der Waals surface area (Å²) in [5.74, 6) is 7.71. The Kier molecular flexibility index (Phi) is 6.15. The number of hydrogen-bond donors (Lipinski definition) is 1. The van der Waals surface area contributed by atoms with Gasteiger partial charge in [-0.15, -0.1) is 10.2 Å². The number of thioether (sulfide) groups is 1. The van der Waals surface area contributed by atoms with Crippen molar-refractivity contribution < 1.29 is 13.2 Å². The van der Waals surface area contributed by atoms with Crippen LogP contribution in [0, 0.1) is 13.8 Å². The highest BCUT2D eigenvalue weighted by molar-refractivity contribution is 7.99. The third-order valence-corrected chi connectivity index (χ3v) is 6.77. The zero-order valence-corrected chi connectivity index (χ0v) is 18.2. The largest absolute Gasteiger partial charge is 0.493 e. The topological polar surface area (TPSA) is 121 Å². The van der Waals surface area contributed by atoms with E-state index in [1.165, 1.54) is 47.0 Å². The molecule has 2 N–H and O–H groups in total. The Bertz CT molecular complexity index is 1090. The van der Waals surface area contributed by atoms with Crippen molar-refractivity contribution in [2.45, 2.75) is 23.9 Å². The molecule has 0 atom stereocenters. The Morgan fingerprint density at radius 3 is 2.45 bits per heavy atom. The molecule has 156 valence electrons. The van der Waals surface area contributed by atoms with E-state index in [2.05, 4.69) is 15.3 Å². The van der Waals surface area contributed by atoms with Gasteiger partial charge in [0.15, 0.2) is 0 Å². The Morgan fingerprint density at radius 2 is 1.86 bits per heavy atom. The molecule has 0 saturated carbocycles. The summed E-state index contributed by atoms with van der Waals surface area (Å²) in [5.41, 5.74) is 1.79. The summed E-state index contributed by atoms with van der Waals surface area (Å²) in [5, 5.41) is 13.1. The highest BCUT2D eigenvalue weighted by Gasteiger charge is 2.17. The van der Waals surface area contributed by atoms with Gasteiger partial charge in [-0.3, -0.25) is 0 Å². The number of ether oxygens (including phenoxy) is 1. The molecule has 0 unspecified atom stereocenters. The summed E-state index contributed by atoms with van der Waals surface area (Å²) in [6, 6.07) is 8.25. The predicted molar refractivity (Wildman–Crippen MR) is 110 cm³/mol. The molecular weight excluding hydrogens is 414 g/mol. The van der Waals surface area contributed by atoms with Crippen molar-refractivity contribution in [2.24, 2.45) is 0 Å². The number of aromatic nitrogens is 5. The van der Waals surface area contributed by atoms with Gasteiger partial charge in [0.05, 0.1) is 17.2 Å². The molecule has 0 fully saturated rings. The van der Waals surface area contributed by atoms with Gasteiger partial charge < -0.3 is 10.6 Å². The van der Waals surface area contributed by atoms with E-state index in [0.717, 1.165) is 11.4 Å². The van der Waals surface area contributed by atoms with Gasteiger partial charge in [-0.25, -0.2) is 22.1 Å². The van der Waals surface area contributed by atoms with Crippen molar-refractivity contribution in [3.63, 3.8) is 0 Å². The molecule has 0 spiro atoms. The van der Waals surface area contributed by atoms with Crippen LogP contribution in [0.1, 0.15) is 11.4 Å². The van der Waals surface area contributed by atoms with E-state index in [-0.39, 0.29) is 4.90 Å². The van der Waals surface area contributed by atoms with Gasteiger partial charge in [0.2, 0.25) is 15.2 Å². The van der Waals surface area contributed by atoms with E-state index < -0.39 is 10.0 Å². The number of hydrogen-bond acceptors (Lipinski definition) is 8. The average Bonchev–Trinajstić information content (AvgIpc) is 3.20. The van der Waals surface area contributed by atoms with E-state index in [4.69, 9.17) is 10.6 Å². The number of aryl methyl sites for hydroxylation is 2. The predicted octanol–water partition coefficient (Wildman–Crippen LogP) is 1.22.